The van der Waals surface area contributed by atoms with Gasteiger partial charge in [0.15, 0.2) is 0 Å². The summed E-state index contributed by atoms with van der Waals surface area (Å²) in [4.78, 5) is 0. The lowest BCUT2D eigenvalue weighted by Gasteiger charge is -2.30. The molecule has 3 nitrogen and oxygen atoms in total. The number of hydrogen-bond donors (Lipinski definition) is 2. The van der Waals surface area contributed by atoms with Crippen molar-refractivity contribution in [2.75, 3.05) is 6.61 Å². The van der Waals surface area contributed by atoms with Gasteiger partial charge in [-0.3, -0.25) is 11.3 Å². The van der Waals surface area contributed by atoms with Gasteiger partial charge in [-0.15, -0.1) is 0 Å². The second kappa shape index (κ2) is 6.74. The predicted octanol–water partition coefficient (Wildman–Crippen LogP) is 2.02. The van der Waals surface area contributed by atoms with Crippen LogP contribution >= 0.6 is 0 Å². The van der Waals surface area contributed by atoms with Crippen molar-refractivity contribution in [1.29, 1.82) is 0 Å². The second-order valence-electron chi connectivity index (χ2n) is 4.70. The first-order valence-electron chi connectivity index (χ1n) is 6.52. The van der Waals surface area contributed by atoms with Gasteiger partial charge in [-0.2, -0.15) is 0 Å². The molecule has 1 saturated heterocycles. The summed E-state index contributed by atoms with van der Waals surface area (Å²) in [6.45, 7) is 0.883. The van der Waals surface area contributed by atoms with Gasteiger partial charge in [0, 0.05) is 12.6 Å². The normalized spacial score (nSPS) is 22.3. The minimum Gasteiger partial charge on any atom is -0.377 e. The Labute approximate surface area is 103 Å². The van der Waals surface area contributed by atoms with Gasteiger partial charge in [-0.25, -0.2) is 0 Å². The molecule has 1 aliphatic heterocycles. The standard InChI is InChI=1S/C14H22N2O/c15-16-13(14-8-4-5-11-17-14)10-9-12-6-2-1-3-7-12/h1-3,6-7,13-14,16H,4-5,8-11,15H2. The van der Waals surface area contributed by atoms with E-state index in [1.54, 1.807) is 0 Å². The van der Waals surface area contributed by atoms with Crippen LogP contribution in [0.4, 0.5) is 0 Å². The molecule has 0 aliphatic carbocycles. The Bertz CT molecular complexity index is 309. The quantitative estimate of drug-likeness (QED) is 0.605. The number of rotatable bonds is 5. The van der Waals surface area contributed by atoms with Crippen molar-refractivity contribution in [3.63, 3.8) is 0 Å². The average molecular weight is 234 g/mol. The third kappa shape index (κ3) is 3.80. The molecule has 1 aliphatic rings. The van der Waals surface area contributed by atoms with Crippen LogP contribution in [0.25, 0.3) is 0 Å². The highest BCUT2D eigenvalue weighted by atomic mass is 16.5. The average Bonchev–Trinajstić information content (AvgIpc) is 2.42. The lowest BCUT2D eigenvalue weighted by atomic mass is 9.97. The summed E-state index contributed by atoms with van der Waals surface area (Å²) < 4.78 is 5.78. The molecule has 17 heavy (non-hydrogen) atoms. The van der Waals surface area contributed by atoms with Crippen LogP contribution in [-0.2, 0) is 11.2 Å². The number of benzene rings is 1. The minimum absolute atomic E-state index is 0.274. The number of nitrogens with one attached hydrogen (secondary N) is 1. The first kappa shape index (κ1) is 12.6. The molecule has 0 radical (unpaired) electrons. The van der Waals surface area contributed by atoms with E-state index in [4.69, 9.17) is 10.6 Å². The molecule has 3 N–H and O–H groups in total. The van der Waals surface area contributed by atoms with E-state index in [2.05, 4.69) is 29.7 Å². The van der Waals surface area contributed by atoms with Gasteiger partial charge in [0.25, 0.3) is 0 Å². The molecular weight excluding hydrogens is 212 g/mol. The Morgan fingerprint density at radius 2 is 2.12 bits per heavy atom. The van der Waals surface area contributed by atoms with Crippen LogP contribution in [0.15, 0.2) is 30.3 Å². The van der Waals surface area contributed by atoms with Crippen LogP contribution < -0.4 is 11.3 Å². The van der Waals surface area contributed by atoms with Crippen LogP contribution in [0.3, 0.4) is 0 Å². The second-order valence-corrected chi connectivity index (χ2v) is 4.70. The van der Waals surface area contributed by atoms with Gasteiger partial charge < -0.3 is 4.74 Å². The van der Waals surface area contributed by atoms with Crippen molar-refractivity contribution in [3.05, 3.63) is 35.9 Å². The molecule has 0 spiro atoms. The summed E-state index contributed by atoms with van der Waals surface area (Å²) >= 11 is 0. The molecule has 1 aromatic rings. The molecule has 0 amide bonds. The summed E-state index contributed by atoms with van der Waals surface area (Å²) in [6, 6.07) is 10.8. The van der Waals surface area contributed by atoms with Crippen LogP contribution in [0, 0.1) is 0 Å². The van der Waals surface area contributed by atoms with E-state index < -0.39 is 0 Å². The SMILES string of the molecule is NNC(CCc1ccccc1)C1CCCCO1. The fourth-order valence-electron chi connectivity index (χ4n) is 2.43. The van der Waals surface area contributed by atoms with Gasteiger partial charge in [0.05, 0.1) is 6.10 Å². The van der Waals surface area contributed by atoms with E-state index >= 15 is 0 Å². The van der Waals surface area contributed by atoms with E-state index in [1.807, 2.05) is 6.07 Å². The van der Waals surface area contributed by atoms with Gasteiger partial charge in [-0.1, -0.05) is 30.3 Å². The third-order valence-electron chi connectivity index (χ3n) is 3.46. The monoisotopic (exact) mass is 234 g/mol. The van der Waals surface area contributed by atoms with Gasteiger partial charge in [-0.05, 0) is 37.7 Å². The Hall–Kier alpha value is -0.900. The molecule has 2 rings (SSSR count). The molecule has 2 atom stereocenters. The van der Waals surface area contributed by atoms with E-state index in [-0.39, 0.29) is 12.1 Å². The molecule has 0 bridgehead atoms. The molecule has 2 unspecified atom stereocenters. The minimum atomic E-state index is 0.274. The summed E-state index contributed by atoms with van der Waals surface area (Å²) in [7, 11) is 0. The molecule has 94 valence electrons. The molecule has 0 aromatic heterocycles. The first-order valence-corrected chi connectivity index (χ1v) is 6.52. The van der Waals surface area contributed by atoms with Crippen molar-refractivity contribution in [1.82, 2.24) is 5.43 Å². The van der Waals surface area contributed by atoms with E-state index in [1.165, 1.54) is 18.4 Å². The van der Waals surface area contributed by atoms with Gasteiger partial charge >= 0.3 is 0 Å². The highest BCUT2D eigenvalue weighted by molar-refractivity contribution is 5.14. The fraction of sp³-hybridized carbons (Fsp3) is 0.571. The Morgan fingerprint density at radius 1 is 1.29 bits per heavy atom. The zero-order valence-corrected chi connectivity index (χ0v) is 10.3. The lowest BCUT2D eigenvalue weighted by molar-refractivity contribution is -0.00920. The first-order chi connectivity index (χ1) is 8.40. The molecule has 1 heterocycles. The van der Waals surface area contributed by atoms with Crippen molar-refractivity contribution in [3.8, 4) is 0 Å². The van der Waals surface area contributed by atoms with Gasteiger partial charge in [0.2, 0.25) is 0 Å². The molecule has 0 saturated carbocycles. The van der Waals surface area contributed by atoms with Crippen LogP contribution in [0.1, 0.15) is 31.2 Å². The number of hydrazine groups is 1. The molecule has 3 heteroatoms. The van der Waals surface area contributed by atoms with Crippen molar-refractivity contribution < 1.29 is 4.74 Å². The highest BCUT2D eigenvalue weighted by Crippen LogP contribution is 2.18. The zero-order chi connectivity index (χ0) is 11.9. The lowest BCUT2D eigenvalue weighted by Crippen LogP contribution is -2.46. The Morgan fingerprint density at radius 3 is 2.76 bits per heavy atom. The topological polar surface area (TPSA) is 47.3 Å². The van der Waals surface area contributed by atoms with Crippen molar-refractivity contribution in [2.45, 2.75) is 44.2 Å². The maximum atomic E-state index is 5.78. The van der Waals surface area contributed by atoms with Crippen LogP contribution in [-0.4, -0.2) is 18.8 Å². The van der Waals surface area contributed by atoms with Crippen LogP contribution in [0.5, 0.6) is 0 Å². The third-order valence-corrected chi connectivity index (χ3v) is 3.46. The predicted molar refractivity (Wildman–Crippen MR) is 69.5 cm³/mol. The smallest absolute Gasteiger partial charge is 0.0741 e. The summed E-state index contributed by atoms with van der Waals surface area (Å²) in [5.74, 6) is 5.64. The molecule has 1 aromatic carbocycles. The zero-order valence-electron chi connectivity index (χ0n) is 10.3. The number of nitrogens with two attached hydrogens (primary N) is 1. The summed E-state index contributed by atoms with van der Waals surface area (Å²) in [5, 5.41) is 0. The maximum absolute atomic E-state index is 5.78. The largest absolute Gasteiger partial charge is 0.377 e. The number of aryl methyl sites for hydroxylation is 1. The fourth-order valence-corrected chi connectivity index (χ4v) is 2.43. The summed E-state index contributed by atoms with van der Waals surface area (Å²) in [6.07, 6.45) is 5.95. The summed E-state index contributed by atoms with van der Waals surface area (Å²) in [5.41, 5.74) is 4.28. The van der Waals surface area contributed by atoms with Crippen LogP contribution in [0.2, 0.25) is 0 Å². The van der Waals surface area contributed by atoms with Gasteiger partial charge in [0.1, 0.15) is 0 Å². The van der Waals surface area contributed by atoms with E-state index in [9.17, 15) is 0 Å². The van der Waals surface area contributed by atoms with Crippen molar-refractivity contribution >= 4 is 0 Å². The molecule has 1 fully saturated rings. The van der Waals surface area contributed by atoms with Crippen molar-refractivity contribution in [2.24, 2.45) is 5.84 Å². The number of hydrogen-bond acceptors (Lipinski definition) is 3. The maximum Gasteiger partial charge on any atom is 0.0741 e. The van der Waals surface area contributed by atoms with E-state index in [0.717, 1.165) is 25.9 Å². The van der Waals surface area contributed by atoms with E-state index in [0.29, 0.717) is 0 Å². The highest BCUT2D eigenvalue weighted by Gasteiger charge is 2.23. The molecular formula is C14H22N2O. The number of ether oxygens (including phenoxy) is 1. The Balaban J connectivity index is 1.82. The Kier molecular flexibility index (Phi) is 4.98.